The van der Waals surface area contributed by atoms with Gasteiger partial charge in [0.05, 0.1) is 4.90 Å². The zero-order chi connectivity index (χ0) is 14.2. The Morgan fingerprint density at radius 3 is 2.68 bits per heavy atom. The molecule has 3 nitrogen and oxygen atoms in total. The van der Waals surface area contributed by atoms with Gasteiger partial charge < -0.3 is 0 Å². The van der Waals surface area contributed by atoms with Crippen LogP contribution in [0.15, 0.2) is 32.0 Å². The Morgan fingerprint density at radius 2 is 2.05 bits per heavy atom. The topological polar surface area (TPSA) is 37.4 Å². The summed E-state index contributed by atoms with van der Waals surface area (Å²) in [5.41, 5.74) is 0. The fourth-order valence-electron chi connectivity index (χ4n) is 2.11. The average molecular weight is 432 g/mol. The van der Waals surface area contributed by atoms with Gasteiger partial charge in [-0.05, 0) is 46.5 Å². The van der Waals surface area contributed by atoms with Gasteiger partial charge in [-0.15, -0.1) is 11.6 Å². The maximum absolute atomic E-state index is 12.6. The second kappa shape index (κ2) is 6.02. The molecule has 2 atom stereocenters. The van der Waals surface area contributed by atoms with Gasteiger partial charge in [-0.2, -0.15) is 4.31 Å². The third-order valence-electron chi connectivity index (χ3n) is 3.27. The van der Waals surface area contributed by atoms with Gasteiger partial charge in [0.15, 0.2) is 0 Å². The summed E-state index contributed by atoms with van der Waals surface area (Å²) in [7, 11) is -3.47. The third-order valence-corrected chi connectivity index (χ3v) is 7.28. The number of benzene rings is 1. The second-order valence-electron chi connectivity index (χ2n) is 4.72. The summed E-state index contributed by atoms with van der Waals surface area (Å²) in [4.78, 5) is 0.294. The van der Waals surface area contributed by atoms with E-state index in [0.717, 1.165) is 4.47 Å². The van der Waals surface area contributed by atoms with Crippen LogP contribution in [0.4, 0.5) is 0 Å². The van der Waals surface area contributed by atoms with Crippen molar-refractivity contribution in [2.24, 2.45) is 5.92 Å². The number of hydrogen-bond donors (Lipinski definition) is 0. The molecule has 1 aromatic carbocycles. The molecule has 1 aromatic rings. The van der Waals surface area contributed by atoms with Crippen molar-refractivity contribution in [1.82, 2.24) is 4.31 Å². The molecule has 2 rings (SSSR count). The number of rotatable bonds is 2. The predicted octanol–water partition coefficient (Wildman–Crippen LogP) is 3.85. The molecule has 0 aliphatic carbocycles. The minimum Gasteiger partial charge on any atom is -0.207 e. The fourth-order valence-corrected chi connectivity index (χ4v) is 5.31. The molecule has 1 aliphatic heterocycles. The minimum absolute atomic E-state index is 0.0531. The minimum atomic E-state index is -3.47. The number of nitrogens with zero attached hydrogens (tertiary/aromatic N) is 1. The van der Waals surface area contributed by atoms with Crippen LogP contribution in [0.2, 0.25) is 0 Å². The van der Waals surface area contributed by atoms with Gasteiger partial charge in [-0.1, -0.05) is 22.9 Å². The van der Waals surface area contributed by atoms with Gasteiger partial charge in [0.2, 0.25) is 10.0 Å². The highest BCUT2D eigenvalue weighted by Gasteiger charge is 2.33. The summed E-state index contributed by atoms with van der Waals surface area (Å²) in [6, 6.07) is 5.16. The highest BCUT2D eigenvalue weighted by Crippen LogP contribution is 2.31. The molecular weight excluding hydrogens is 417 g/mol. The summed E-state index contributed by atoms with van der Waals surface area (Å²) in [5.74, 6) is 0.163. The number of alkyl halides is 1. The molecule has 0 aromatic heterocycles. The highest BCUT2D eigenvalue weighted by molar-refractivity contribution is 9.11. The molecule has 1 saturated heterocycles. The third kappa shape index (κ3) is 3.35. The van der Waals surface area contributed by atoms with Crippen molar-refractivity contribution >= 4 is 53.5 Å². The van der Waals surface area contributed by atoms with Gasteiger partial charge in [0, 0.05) is 27.4 Å². The quantitative estimate of drug-likeness (QED) is 0.667. The molecule has 106 valence electrons. The van der Waals surface area contributed by atoms with Crippen LogP contribution in [0.5, 0.6) is 0 Å². The predicted molar refractivity (Wildman–Crippen MR) is 84.0 cm³/mol. The summed E-state index contributed by atoms with van der Waals surface area (Å²) in [6.07, 6.45) is 0.688. The summed E-state index contributed by atoms with van der Waals surface area (Å²) >= 11 is 12.8. The van der Waals surface area contributed by atoms with Crippen molar-refractivity contribution in [3.63, 3.8) is 0 Å². The molecule has 1 aliphatic rings. The van der Waals surface area contributed by atoms with Crippen LogP contribution in [0, 0.1) is 5.92 Å². The fraction of sp³-hybridized carbons (Fsp3) is 0.500. The number of piperidine rings is 1. The SMILES string of the molecule is CC1CN(S(=O)(=O)c2cc(Br)ccc2Br)CCC1Cl. The van der Waals surface area contributed by atoms with Crippen LogP contribution in [0.3, 0.4) is 0 Å². The Kier molecular flexibility index (Phi) is 4.99. The largest absolute Gasteiger partial charge is 0.244 e. The van der Waals surface area contributed by atoms with Gasteiger partial charge in [-0.25, -0.2) is 8.42 Å². The zero-order valence-corrected chi connectivity index (χ0v) is 15.1. The Labute approximate surface area is 135 Å². The van der Waals surface area contributed by atoms with E-state index >= 15 is 0 Å². The Morgan fingerprint density at radius 1 is 1.37 bits per heavy atom. The van der Waals surface area contributed by atoms with Crippen molar-refractivity contribution in [3.05, 3.63) is 27.1 Å². The Hall–Kier alpha value is 0.380. The monoisotopic (exact) mass is 429 g/mol. The van der Waals surface area contributed by atoms with Crippen LogP contribution < -0.4 is 0 Å². The van der Waals surface area contributed by atoms with E-state index < -0.39 is 10.0 Å². The molecule has 7 heteroatoms. The van der Waals surface area contributed by atoms with E-state index in [2.05, 4.69) is 31.9 Å². The number of hydrogen-bond acceptors (Lipinski definition) is 2. The van der Waals surface area contributed by atoms with Crippen molar-refractivity contribution in [2.75, 3.05) is 13.1 Å². The molecule has 1 heterocycles. The first-order chi connectivity index (χ1) is 8.82. The number of sulfonamides is 1. The first-order valence-corrected chi connectivity index (χ1v) is 9.38. The van der Waals surface area contributed by atoms with Gasteiger partial charge in [-0.3, -0.25) is 0 Å². The average Bonchev–Trinajstić information content (AvgIpc) is 2.35. The summed E-state index contributed by atoms with van der Waals surface area (Å²) in [6.45, 7) is 2.92. The van der Waals surface area contributed by atoms with Crippen LogP contribution in [0.1, 0.15) is 13.3 Å². The maximum Gasteiger partial charge on any atom is 0.244 e. The van der Waals surface area contributed by atoms with Crippen molar-refractivity contribution < 1.29 is 8.42 Å². The van der Waals surface area contributed by atoms with E-state index in [1.807, 2.05) is 6.92 Å². The molecule has 1 fully saturated rings. The molecule has 19 heavy (non-hydrogen) atoms. The highest BCUT2D eigenvalue weighted by atomic mass is 79.9. The van der Waals surface area contributed by atoms with Gasteiger partial charge >= 0.3 is 0 Å². The molecule has 0 spiro atoms. The smallest absolute Gasteiger partial charge is 0.207 e. The van der Waals surface area contributed by atoms with E-state index in [9.17, 15) is 8.42 Å². The van der Waals surface area contributed by atoms with E-state index in [0.29, 0.717) is 28.9 Å². The summed E-state index contributed by atoms with van der Waals surface area (Å²) in [5, 5.41) is 0.0531. The van der Waals surface area contributed by atoms with E-state index in [1.165, 1.54) is 4.31 Å². The molecule has 0 bridgehead atoms. The molecular formula is C12H14Br2ClNO2S. The van der Waals surface area contributed by atoms with E-state index in [-0.39, 0.29) is 11.3 Å². The Balaban J connectivity index is 2.35. The molecule has 2 unspecified atom stereocenters. The lowest BCUT2D eigenvalue weighted by Gasteiger charge is -2.33. The Bertz CT molecular complexity index is 579. The lowest BCUT2D eigenvalue weighted by Crippen LogP contribution is -2.43. The normalized spacial score (nSPS) is 25.5. The molecule has 0 N–H and O–H groups in total. The summed E-state index contributed by atoms with van der Waals surface area (Å²) < 4.78 is 28.1. The lowest BCUT2D eigenvalue weighted by molar-refractivity contribution is 0.286. The van der Waals surface area contributed by atoms with Gasteiger partial charge in [0.25, 0.3) is 0 Å². The standard InChI is InChI=1S/C12H14Br2ClNO2S/c1-8-7-16(5-4-11(8)15)19(17,18)12-6-9(13)2-3-10(12)14/h2-3,6,8,11H,4-5,7H2,1H3. The van der Waals surface area contributed by atoms with Crippen LogP contribution in [0.25, 0.3) is 0 Å². The molecule has 0 amide bonds. The van der Waals surface area contributed by atoms with Crippen molar-refractivity contribution in [1.29, 1.82) is 0 Å². The second-order valence-corrected chi connectivity index (χ2v) is 8.96. The maximum atomic E-state index is 12.6. The first kappa shape index (κ1) is 15.8. The zero-order valence-electron chi connectivity index (χ0n) is 10.3. The van der Waals surface area contributed by atoms with E-state index in [4.69, 9.17) is 11.6 Å². The number of halogens is 3. The lowest BCUT2D eigenvalue weighted by atomic mass is 10.0. The van der Waals surface area contributed by atoms with Crippen molar-refractivity contribution in [3.8, 4) is 0 Å². The van der Waals surface area contributed by atoms with Gasteiger partial charge in [0.1, 0.15) is 0 Å². The molecule has 0 radical (unpaired) electrons. The van der Waals surface area contributed by atoms with E-state index in [1.54, 1.807) is 18.2 Å². The van der Waals surface area contributed by atoms with Crippen molar-refractivity contribution in [2.45, 2.75) is 23.6 Å². The molecule has 0 saturated carbocycles. The van der Waals surface area contributed by atoms with Crippen LogP contribution >= 0.6 is 43.5 Å². The van der Waals surface area contributed by atoms with Crippen LogP contribution in [-0.2, 0) is 10.0 Å². The first-order valence-electron chi connectivity index (χ1n) is 5.91. The van der Waals surface area contributed by atoms with Crippen LogP contribution in [-0.4, -0.2) is 31.2 Å².